The van der Waals surface area contributed by atoms with Gasteiger partial charge in [-0.05, 0) is 24.6 Å². The fourth-order valence-corrected chi connectivity index (χ4v) is 1.77. The minimum absolute atomic E-state index is 0.0534. The Labute approximate surface area is 96.2 Å². The molecule has 0 heterocycles. The summed E-state index contributed by atoms with van der Waals surface area (Å²) in [6.45, 7) is 1.83. The first-order valence-electron chi connectivity index (χ1n) is 4.52. The molecule has 0 saturated carbocycles. The second kappa shape index (κ2) is 5.07. The highest BCUT2D eigenvalue weighted by Gasteiger charge is 2.10. The van der Waals surface area contributed by atoms with Crippen molar-refractivity contribution in [3.8, 4) is 0 Å². The van der Waals surface area contributed by atoms with E-state index in [1.54, 1.807) is 12.1 Å². The minimum Gasteiger partial charge on any atom is -0.481 e. The van der Waals surface area contributed by atoms with Crippen molar-refractivity contribution in [2.24, 2.45) is 0 Å². The number of carbonyl (C=O) groups is 2. The lowest BCUT2D eigenvalue weighted by atomic mass is 10.0. The van der Waals surface area contributed by atoms with Crippen molar-refractivity contribution in [1.29, 1.82) is 0 Å². The van der Waals surface area contributed by atoms with Gasteiger partial charge in [-0.3, -0.25) is 9.59 Å². The summed E-state index contributed by atoms with van der Waals surface area (Å²) < 4.78 is 0.912. The summed E-state index contributed by atoms with van der Waals surface area (Å²) in [5, 5.41) is 8.46. The zero-order valence-electron chi connectivity index (χ0n) is 8.29. The molecule has 0 atom stereocenters. The van der Waals surface area contributed by atoms with Gasteiger partial charge in [0.05, 0.1) is 6.42 Å². The number of halogens is 1. The Morgan fingerprint density at radius 2 is 2.00 bits per heavy atom. The second-order valence-corrected chi connectivity index (χ2v) is 4.19. The van der Waals surface area contributed by atoms with Gasteiger partial charge in [-0.25, -0.2) is 0 Å². The molecule has 0 saturated heterocycles. The molecule has 1 aromatic rings. The van der Waals surface area contributed by atoms with E-state index in [0.29, 0.717) is 5.56 Å². The lowest BCUT2D eigenvalue weighted by Gasteiger charge is -2.04. The summed E-state index contributed by atoms with van der Waals surface area (Å²) >= 11 is 3.30. The van der Waals surface area contributed by atoms with Crippen molar-refractivity contribution in [1.82, 2.24) is 0 Å². The van der Waals surface area contributed by atoms with Gasteiger partial charge in [0.1, 0.15) is 0 Å². The van der Waals surface area contributed by atoms with E-state index < -0.39 is 5.97 Å². The normalized spacial score (nSPS) is 10.0. The molecule has 0 amide bonds. The van der Waals surface area contributed by atoms with E-state index in [1.165, 1.54) is 0 Å². The van der Waals surface area contributed by atoms with E-state index in [9.17, 15) is 9.59 Å². The third-order valence-corrected chi connectivity index (χ3v) is 2.55. The third-order valence-electron chi connectivity index (χ3n) is 2.05. The van der Waals surface area contributed by atoms with Crippen molar-refractivity contribution in [2.75, 3.05) is 0 Å². The number of hydrogen-bond donors (Lipinski definition) is 1. The summed E-state index contributed by atoms with van der Waals surface area (Å²) in [5.74, 6) is -1.07. The molecule has 15 heavy (non-hydrogen) atoms. The van der Waals surface area contributed by atoms with Crippen LogP contribution in [0.2, 0.25) is 0 Å². The summed E-state index contributed by atoms with van der Waals surface area (Å²) in [6.07, 6.45) is -0.0634. The Kier molecular flexibility index (Phi) is 4.03. The van der Waals surface area contributed by atoms with E-state index in [2.05, 4.69) is 15.9 Å². The standard InChI is InChI=1S/C11H11BrO3/c1-7-6-8(12)2-3-9(7)10(13)4-5-11(14)15/h2-3,6H,4-5H2,1H3,(H,14,15). The fourth-order valence-electron chi connectivity index (χ4n) is 1.30. The highest BCUT2D eigenvalue weighted by Crippen LogP contribution is 2.17. The molecule has 1 rings (SSSR count). The number of aryl methyl sites for hydroxylation is 1. The molecular formula is C11H11BrO3. The Morgan fingerprint density at radius 3 is 2.53 bits per heavy atom. The zero-order valence-corrected chi connectivity index (χ0v) is 9.87. The van der Waals surface area contributed by atoms with E-state index in [-0.39, 0.29) is 18.6 Å². The number of carboxylic acid groups (broad SMARTS) is 1. The lowest BCUT2D eigenvalue weighted by Crippen LogP contribution is -2.05. The maximum absolute atomic E-state index is 11.6. The highest BCUT2D eigenvalue weighted by molar-refractivity contribution is 9.10. The first-order valence-corrected chi connectivity index (χ1v) is 5.31. The van der Waals surface area contributed by atoms with Crippen LogP contribution in [-0.2, 0) is 4.79 Å². The maximum Gasteiger partial charge on any atom is 0.303 e. The molecule has 4 heteroatoms. The molecule has 0 fully saturated rings. The molecule has 0 aliphatic heterocycles. The monoisotopic (exact) mass is 270 g/mol. The van der Waals surface area contributed by atoms with Gasteiger partial charge in [0.2, 0.25) is 0 Å². The van der Waals surface area contributed by atoms with Crippen LogP contribution in [0.25, 0.3) is 0 Å². The topological polar surface area (TPSA) is 54.4 Å². The van der Waals surface area contributed by atoms with Crippen molar-refractivity contribution in [3.63, 3.8) is 0 Å². The van der Waals surface area contributed by atoms with Gasteiger partial charge in [0.15, 0.2) is 5.78 Å². The smallest absolute Gasteiger partial charge is 0.303 e. The molecule has 0 bridgehead atoms. The van der Waals surface area contributed by atoms with Gasteiger partial charge < -0.3 is 5.11 Å². The molecule has 0 radical (unpaired) electrons. The van der Waals surface area contributed by atoms with E-state index >= 15 is 0 Å². The van der Waals surface area contributed by atoms with Crippen molar-refractivity contribution in [2.45, 2.75) is 19.8 Å². The molecule has 0 aliphatic rings. The van der Waals surface area contributed by atoms with Crippen LogP contribution in [0, 0.1) is 6.92 Å². The molecule has 0 unspecified atom stereocenters. The van der Waals surface area contributed by atoms with E-state index in [4.69, 9.17) is 5.11 Å². The van der Waals surface area contributed by atoms with Crippen LogP contribution >= 0.6 is 15.9 Å². The Balaban J connectivity index is 2.78. The number of benzene rings is 1. The average Bonchev–Trinajstić information content (AvgIpc) is 2.14. The molecule has 0 spiro atoms. The van der Waals surface area contributed by atoms with Crippen molar-refractivity contribution < 1.29 is 14.7 Å². The summed E-state index contributed by atoms with van der Waals surface area (Å²) in [6, 6.07) is 5.33. The lowest BCUT2D eigenvalue weighted by molar-refractivity contribution is -0.136. The van der Waals surface area contributed by atoms with Gasteiger partial charge in [0.25, 0.3) is 0 Å². The molecule has 3 nitrogen and oxygen atoms in total. The summed E-state index contributed by atoms with van der Waals surface area (Å²) in [7, 11) is 0. The van der Waals surface area contributed by atoms with Crippen molar-refractivity contribution in [3.05, 3.63) is 33.8 Å². The van der Waals surface area contributed by atoms with Gasteiger partial charge in [-0.1, -0.05) is 22.0 Å². The van der Waals surface area contributed by atoms with Crippen molar-refractivity contribution >= 4 is 27.7 Å². The average molecular weight is 271 g/mol. The molecule has 0 aliphatic carbocycles. The SMILES string of the molecule is Cc1cc(Br)ccc1C(=O)CCC(=O)O. The fraction of sp³-hybridized carbons (Fsp3) is 0.273. The molecule has 80 valence electrons. The number of carbonyl (C=O) groups excluding carboxylic acids is 1. The largest absolute Gasteiger partial charge is 0.481 e. The van der Waals surface area contributed by atoms with Gasteiger partial charge >= 0.3 is 5.97 Å². The van der Waals surface area contributed by atoms with E-state index in [1.807, 2.05) is 13.0 Å². The number of aliphatic carboxylic acids is 1. The zero-order chi connectivity index (χ0) is 11.4. The number of hydrogen-bond acceptors (Lipinski definition) is 2. The Hall–Kier alpha value is -1.16. The van der Waals surface area contributed by atoms with Crippen LogP contribution in [0.1, 0.15) is 28.8 Å². The molecule has 0 aromatic heterocycles. The maximum atomic E-state index is 11.6. The first kappa shape index (κ1) is 11.9. The van der Waals surface area contributed by atoms with Crippen LogP contribution < -0.4 is 0 Å². The quantitative estimate of drug-likeness (QED) is 0.856. The Morgan fingerprint density at radius 1 is 1.33 bits per heavy atom. The van der Waals surface area contributed by atoms with Gasteiger partial charge in [0, 0.05) is 16.5 Å². The molecular weight excluding hydrogens is 260 g/mol. The second-order valence-electron chi connectivity index (χ2n) is 3.28. The van der Waals surface area contributed by atoms with Gasteiger partial charge in [-0.2, -0.15) is 0 Å². The van der Waals surface area contributed by atoms with Crippen LogP contribution in [0.3, 0.4) is 0 Å². The molecule has 1 N–H and O–H groups in total. The predicted octanol–water partition coefficient (Wildman–Crippen LogP) is 2.81. The third kappa shape index (κ3) is 3.47. The van der Waals surface area contributed by atoms with Gasteiger partial charge in [-0.15, -0.1) is 0 Å². The Bertz CT molecular complexity index is 399. The van der Waals surface area contributed by atoms with Crippen LogP contribution in [-0.4, -0.2) is 16.9 Å². The first-order chi connectivity index (χ1) is 7.00. The number of rotatable bonds is 4. The number of carboxylic acids is 1. The number of ketones is 1. The van der Waals surface area contributed by atoms with E-state index in [0.717, 1.165) is 10.0 Å². The van der Waals surface area contributed by atoms with Crippen LogP contribution in [0.15, 0.2) is 22.7 Å². The van der Waals surface area contributed by atoms with Crippen LogP contribution in [0.4, 0.5) is 0 Å². The van der Waals surface area contributed by atoms with Crippen LogP contribution in [0.5, 0.6) is 0 Å². The minimum atomic E-state index is -0.946. The highest BCUT2D eigenvalue weighted by atomic mass is 79.9. The predicted molar refractivity (Wildman–Crippen MR) is 60.1 cm³/mol. The summed E-state index contributed by atoms with van der Waals surface area (Å²) in [5.41, 5.74) is 1.46. The summed E-state index contributed by atoms with van der Waals surface area (Å²) in [4.78, 5) is 21.9. The number of Topliss-reactive ketones (excluding diaryl/α,β-unsaturated/α-hetero) is 1. The molecule has 1 aromatic carbocycles.